The van der Waals surface area contributed by atoms with Crippen molar-refractivity contribution in [2.75, 3.05) is 51.8 Å². The largest absolute Gasteiger partial charge is 0.339 e. The first-order valence-corrected chi connectivity index (χ1v) is 7.71. The summed E-state index contributed by atoms with van der Waals surface area (Å²) in [7, 11) is 1.25. The van der Waals surface area contributed by atoms with Crippen LogP contribution in [0.15, 0.2) is 0 Å². The number of amides is 1. The number of nitrogens with zero attached hydrogens (tertiary/aromatic N) is 2. The molecule has 0 aromatic heterocycles. The lowest BCUT2D eigenvalue weighted by Gasteiger charge is -2.32. The van der Waals surface area contributed by atoms with Gasteiger partial charge in [0.25, 0.3) is 0 Å². The molecular weight excluding hydrogens is 238 g/mol. The van der Waals surface area contributed by atoms with E-state index in [0.29, 0.717) is 12.3 Å². The Kier molecular flexibility index (Phi) is 6.08. The van der Waals surface area contributed by atoms with Gasteiger partial charge in [-0.2, -0.15) is 0 Å². The third kappa shape index (κ3) is 5.61. The van der Waals surface area contributed by atoms with Crippen molar-refractivity contribution in [2.45, 2.75) is 13.0 Å². The quantitative estimate of drug-likeness (QED) is 0.698. The average molecular weight is 261 g/mol. The van der Waals surface area contributed by atoms with E-state index in [1.807, 2.05) is 11.8 Å². The first kappa shape index (κ1) is 14.6. The molecule has 2 atom stereocenters. The van der Waals surface area contributed by atoms with Gasteiger partial charge in [0.2, 0.25) is 5.91 Å². The van der Waals surface area contributed by atoms with Gasteiger partial charge in [-0.05, 0) is 14.0 Å². The fourth-order valence-corrected chi connectivity index (χ4v) is 2.66. The molecule has 6 heteroatoms. The number of hydrogen-bond donors (Lipinski definition) is 1. The standard InChI is InChI=1S/C11H23N3O2S/c1-10(9-17(3)16)12-8-11(15)14-6-4-13(2)5-7-14/h10,12H,4-9H2,1-3H3. The van der Waals surface area contributed by atoms with Gasteiger partial charge in [0.15, 0.2) is 0 Å². The van der Waals surface area contributed by atoms with E-state index in [1.54, 1.807) is 6.26 Å². The second-order valence-electron chi connectivity index (χ2n) is 4.71. The van der Waals surface area contributed by atoms with Crippen molar-refractivity contribution in [3.8, 4) is 0 Å². The fraction of sp³-hybridized carbons (Fsp3) is 0.909. The summed E-state index contributed by atoms with van der Waals surface area (Å²) >= 11 is 0. The zero-order chi connectivity index (χ0) is 12.8. The van der Waals surface area contributed by atoms with Crippen LogP contribution in [0.1, 0.15) is 6.92 Å². The third-order valence-electron chi connectivity index (χ3n) is 2.94. The number of piperazine rings is 1. The normalized spacial score (nSPS) is 21.2. The van der Waals surface area contributed by atoms with Crippen molar-refractivity contribution in [3.63, 3.8) is 0 Å². The first-order chi connectivity index (χ1) is 7.99. The summed E-state index contributed by atoms with van der Waals surface area (Å²) in [6.45, 7) is 5.82. The van der Waals surface area contributed by atoms with E-state index in [1.165, 1.54) is 0 Å². The maximum Gasteiger partial charge on any atom is 0.236 e. The predicted octanol–water partition coefficient (Wildman–Crippen LogP) is -0.883. The molecule has 5 nitrogen and oxygen atoms in total. The minimum absolute atomic E-state index is 0.122. The summed E-state index contributed by atoms with van der Waals surface area (Å²) in [5.41, 5.74) is 0. The molecule has 1 amide bonds. The molecule has 1 aliphatic rings. The van der Waals surface area contributed by atoms with Gasteiger partial charge in [-0.25, -0.2) is 0 Å². The highest BCUT2D eigenvalue weighted by molar-refractivity contribution is 7.84. The molecule has 0 aromatic carbocycles. The molecule has 1 heterocycles. The van der Waals surface area contributed by atoms with Gasteiger partial charge in [0.05, 0.1) is 6.54 Å². The Bertz CT molecular complexity index is 278. The van der Waals surface area contributed by atoms with Crippen LogP contribution in [-0.2, 0) is 15.6 Å². The number of likely N-dealkylation sites (N-methyl/N-ethyl adjacent to an activating group) is 1. The number of rotatable bonds is 5. The molecule has 100 valence electrons. The molecular formula is C11H23N3O2S. The second kappa shape index (κ2) is 7.08. The van der Waals surface area contributed by atoms with E-state index in [4.69, 9.17) is 0 Å². The lowest BCUT2D eigenvalue weighted by Crippen LogP contribution is -2.50. The highest BCUT2D eigenvalue weighted by atomic mass is 32.2. The van der Waals surface area contributed by atoms with E-state index in [2.05, 4.69) is 17.3 Å². The molecule has 1 rings (SSSR count). The fourth-order valence-electron chi connectivity index (χ4n) is 1.84. The summed E-state index contributed by atoms with van der Waals surface area (Å²) in [6, 6.07) is 0.122. The molecule has 0 saturated carbocycles. The summed E-state index contributed by atoms with van der Waals surface area (Å²) in [6.07, 6.45) is 1.68. The van der Waals surface area contributed by atoms with Crippen molar-refractivity contribution in [1.82, 2.24) is 15.1 Å². The van der Waals surface area contributed by atoms with Gasteiger partial charge < -0.3 is 15.1 Å². The number of carbonyl (C=O) groups is 1. The van der Waals surface area contributed by atoms with Crippen LogP contribution in [-0.4, -0.2) is 77.7 Å². The van der Waals surface area contributed by atoms with Crippen LogP contribution >= 0.6 is 0 Å². The Morgan fingerprint density at radius 1 is 1.35 bits per heavy atom. The van der Waals surface area contributed by atoms with Gasteiger partial charge >= 0.3 is 0 Å². The van der Waals surface area contributed by atoms with Crippen molar-refractivity contribution in [3.05, 3.63) is 0 Å². The summed E-state index contributed by atoms with van der Waals surface area (Å²) < 4.78 is 11.0. The first-order valence-electron chi connectivity index (χ1n) is 5.98. The summed E-state index contributed by atoms with van der Waals surface area (Å²) in [5, 5.41) is 3.12. The molecule has 0 aliphatic carbocycles. The van der Waals surface area contributed by atoms with Crippen molar-refractivity contribution < 1.29 is 9.00 Å². The van der Waals surface area contributed by atoms with Crippen LogP contribution < -0.4 is 5.32 Å². The topological polar surface area (TPSA) is 52.7 Å². The van der Waals surface area contributed by atoms with E-state index < -0.39 is 10.8 Å². The average Bonchev–Trinajstić information content (AvgIpc) is 2.26. The van der Waals surface area contributed by atoms with Crippen LogP contribution in [0.3, 0.4) is 0 Å². The van der Waals surface area contributed by atoms with E-state index >= 15 is 0 Å². The van der Waals surface area contributed by atoms with Crippen LogP contribution in [0.5, 0.6) is 0 Å². The Labute approximate surface area is 106 Å². The number of nitrogens with one attached hydrogen (secondary N) is 1. The van der Waals surface area contributed by atoms with E-state index in [0.717, 1.165) is 26.2 Å². The highest BCUT2D eigenvalue weighted by Gasteiger charge is 2.19. The molecule has 1 N–H and O–H groups in total. The minimum Gasteiger partial charge on any atom is -0.339 e. The van der Waals surface area contributed by atoms with Crippen molar-refractivity contribution >= 4 is 16.7 Å². The molecule has 0 spiro atoms. The molecule has 1 aliphatic heterocycles. The van der Waals surface area contributed by atoms with Crippen LogP contribution in [0, 0.1) is 0 Å². The lowest BCUT2D eigenvalue weighted by atomic mass is 10.3. The van der Waals surface area contributed by atoms with Crippen LogP contribution in [0.4, 0.5) is 0 Å². The lowest BCUT2D eigenvalue weighted by molar-refractivity contribution is -0.131. The van der Waals surface area contributed by atoms with Gasteiger partial charge in [-0.15, -0.1) is 0 Å². The Morgan fingerprint density at radius 2 is 1.94 bits per heavy atom. The van der Waals surface area contributed by atoms with E-state index in [-0.39, 0.29) is 11.9 Å². The van der Waals surface area contributed by atoms with Gasteiger partial charge in [0.1, 0.15) is 0 Å². The smallest absolute Gasteiger partial charge is 0.236 e. The molecule has 1 fully saturated rings. The molecule has 2 unspecified atom stereocenters. The van der Waals surface area contributed by atoms with Crippen LogP contribution in [0.2, 0.25) is 0 Å². The monoisotopic (exact) mass is 261 g/mol. The van der Waals surface area contributed by atoms with Crippen molar-refractivity contribution in [2.24, 2.45) is 0 Å². The number of hydrogen-bond acceptors (Lipinski definition) is 4. The molecule has 1 saturated heterocycles. The highest BCUT2D eigenvalue weighted by Crippen LogP contribution is 1.99. The maximum atomic E-state index is 11.9. The summed E-state index contributed by atoms with van der Waals surface area (Å²) in [5.74, 6) is 0.738. The Morgan fingerprint density at radius 3 is 2.47 bits per heavy atom. The summed E-state index contributed by atoms with van der Waals surface area (Å²) in [4.78, 5) is 16.0. The third-order valence-corrected chi connectivity index (χ3v) is 3.91. The minimum atomic E-state index is -0.814. The molecule has 0 aromatic rings. The zero-order valence-corrected chi connectivity index (χ0v) is 11.8. The van der Waals surface area contributed by atoms with Crippen molar-refractivity contribution in [1.29, 1.82) is 0 Å². The molecule has 0 bridgehead atoms. The molecule has 17 heavy (non-hydrogen) atoms. The van der Waals surface area contributed by atoms with Gasteiger partial charge in [-0.3, -0.25) is 9.00 Å². The van der Waals surface area contributed by atoms with Gasteiger partial charge in [0, 0.05) is 55.0 Å². The van der Waals surface area contributed by atoms with Gasteiger partial charge in [-0.1, -0.05) is 0 Å². The predicted molar refractivity (Wildman–Crippen MR) is 70.5 cm³/mol. The van der Waals surface area contributed by atoms with E-state index in [9.17, 15) is 9.00 Å². The number of carbonyl (C=O) groups excluding carboxylic acids is 1. The molecule has 0 radical (unpaired) electrons. The Hall–Kier alpha value is -0.460. The maximum absolute atomic E-state index is 11.9. The van der Waals surface area contributed by atoms with Crippen LogP contribution in [0.25, 0.3) is 0 Å². The SMILES string of the molecule is CC(CS(C)=O)NCC(=O)N1CCN(C)CC1. The zero-order valence-electron chi connectivity index (χ0n) is 10.9. The Balaban J connectivity index is 2.22. The second-order valence-corrected chi connectivity index (χ2v) is 6.19.